The van der Waals surface area contributed by atoms with Crippen molar-refractivity contribution in [1.82, 2.24) is 9.97 Å². The summed E-state index contributed by atoms with van der Waals surface area (Å²) in [6.45, 7) is 10.1. The number of pyridine rings is 2. The summed E-state index contributed by atoms with van der Waals surface area (Å²) < 4.78 is 11.5. The molecular weight excluding hydrogens is 456 g/mol. The Labute approximate surface area is 220 Å². The van der Waals surface area contributed by atoms with E-state index in [2.05, 4.69) is 78.9 Å². The first kappa shape index (κ1) is 26.1. The predicted octanol–water partition coefficient (Wildman–Crippen LogP) is 7.96. The first-order chi connectivity index (χ1) is 18.2. The predicted molar refractivity (Wildman–Crippen MR) is 153 cm³/mol. The number of benzene rings is 2. The van der Waals surface area contributed by atoms with Crippen molar-refractivity contribution in [1.29, 1.82) is 0 Å². The van der Waals surface area contributed by atoms with Crippen LogP contribution in [0.4, 0.5) is 0 Å². The van der Waals surface area contributed by atoms with Gasteiger partial charge in [0.05, 0.1) is 18.0 Å². The summed E-state index contributed by atoms with van der Waals surface area (Å²) in [6, 6.07) is 26.9. The summed E-state index contributed by atoms with van der Waals surface area (Å²) in [4.78, 5) is 9.11. The summed E-state index contributed by atoms with van der Waals surface area (Å²) in [7, 11) is 0. The Balaban J connectivity index is 1.63. The Kier molecular flexibility index (Phi) is 9.39. The summed E-state index contributed by atoms with van der Waals surface area (Å²) in [5, 5.41) is 0. The maximum atomic E-state index is 5.89. The van der Waals surface area contributed by atoms with Gasteiger partial charge < -0.3 is 9.47 Å². The molecule has 0 bridgehead atoms. The van der Waals surface area contributed by atoms with Crippen molar-refractivity contribution in [2.24, 2.45) is 0 Å². The summed E-state index contributed by atoms with van der Waals surface area (Å²) in [6.07, 6.45) is 7.68. The molecule has 0 fully saturated rings. The van der Waals surface area contributed by atoms with E-state index in [0.29, 0.717) is 13.2 Å². The van der Waals surface area contributed by atoms with Crippen molar-refractivity contribution in [3.63, 3.8) is 0 Å². The van der Waals surface area contributed by atoms with Gasteiger partial charge in [0, 0.05) is 19.0 Å². The van der Waals surface area contributed by atoms with E-state index in [0.717, 1.165) is 64.4 Å². The molecule has 0 amide bonds. The molecule has 0 unspecified atom stereocenters. The highest BCUT2D eigenvalue weighted by Gasteiger charge is 2.13. The summed E-state index contributed by atoms with van der Waals surface area (Å²) >= 11 is 0. The molecule has 4 rings (SSSR count). The number of allylic oxidation sites excluding steroid dienone is 1. The van der Waals surface area contributed by atoms with Crippen LogP contribution in [0.3, 0.4) is 0 Å². The Morgan fingerprint density at radius 3 is 2.22 bits per heavy atom. The Morgan fingerprint density at radius 2 is 1.49 bits per heavy atom. The number of hydrogen-bond acceptors (Lipinski definition) is 4. The highest BCUT2D eigenvalue weighted by Crippen LogP contribution is 2.33. The van der Waals surface area contributed by atoms with Gasteiger partial charge in [-0.3, -0.25) is 9.97 Å². The fourth-order valence-electron chi connectivity index (χ4n) is 4.15. The minimum atomic E-state index is 0.546. The van der Waals surface area contributed by atoms with Crippen LogP contribution < -0.4 is 4.74 Å². The van der Waals surface area contributed by atoms with Gasteiger partial charge in [0.15, 0.2) is 0 Å². The molecule has 4 nitrogen and oxygen atoms in total. The van der Waals surface area contributed by atoms with Crippen LogP contribution in [0.1, 0.15) is 48.9 Å². The van der Waals surface area contributed by atoms with E-state index in [1.54, 1.807) is 6.20 Å². The molecule has 0 spiro atoms. The molecule has 37 heavy (non-hydrogen) atoms. The molecule has 0 N–H and O–H groups in total. The number of rotatable bonds is 12. The summed E-state index contributed by atoms with van der Waals surface area (Å²) in [5.74, 6) is 0.840. The fourth-order valence-corrected chi connectivity index (χ4v) is 4.15. The molecule has 4 heteroatoms. The fraction of sp³-hybridized carbons (Fsp3) is 0.212. The molecule has 0 saturated heterocycles. The molecule has 0 aliphatic heterocycles. The van der Waals surface area contributed by atoms with Crippen molar-refractivity contribution in [3.8, 4) is 17.1 Å². The Bertz CT molecular complexity index is 1330. The van der Waals surface area contributed by atoms with Gasteiger partial charge in [-0.25, -0.2) is 0 Å². The maximum absolute atomic E-state index is 5.89. The van der Waals surface area contributed by atoms with Crippen LogP contribution >= 0.6 is 0 Å². The molecule has 2 aromatic heterocycles. The minimum absolute atomic E-state index is 0.546. The van der Waals surface area contributed by atoms with Gasteiger partial charge in [-0.1, -0.05) is 68.5 Å². The monoisotopic (exact) mass is 490 g/mol. The van der Waals surface area contributed by atoms with Crippen LogP contribution in [-0.2, 0) is 4.74 Å². The van der Waals surface area contributed by atoms with Crippen LogP contribution in [-0.4, -0.2) is 29.8 Å². The average Bonchev–Trinajstić information content (AvgIpc) is 2.96. The number of nitrogens with zero attached hydrogens (tertiary/aromatic N) is 2. The second-order valence-electron chi connectivity index (χ2n) is 8.81. The SMILES string of the molecule is C=Cc1ccnc(-c2cc(/C(C)=C(\c3ccccc3)c3ccc(OCCOCCCC)cc3)ccn2)c1. The van der Waals surface area contributed by atoms with E-state index in [9.17, 15) is 0 Å². The Morgan fingerprint density at radius 1 is 0.784 bits per heavy atom. The first-order valence-electron chi connectivity index (χ1n) is 12.8. The van der Waals surface area contributed by atoms with Crippen molar-refractivity contribution in [2.45, 2.75) is 26.7 Å². The lowest BCUT2D eigenvalue weighted by atomic mass is 9.90. The molecular formula is C33H34N2O2. The van der Waals surface area contributed by atoms with Gasteiger partial charge in [-0.2, -0.15) is 0 Å². The molecule has 0 saturated carbocycles. The normalized spacial score (nSPS) is 11.6. The zero-order valence-electron chi connectivity index (χ0n) is 21.7. The number of aromatic nitrogens is 2. The van der Waals surface area contributed by atoms with Crippen LogP contribution in [0.15, 0.2) is 97.8 Å². The highest BCUT2D eigenvalue weighted by molar-refractivity contribution is 5.98. The first-order valence-corrected chi connectivity index (χ1v) is 12.8. The van der Waals surface area contributed by atoms with Crippen LogP contribution in [0.5, 0.6) is 5.75 Å². The Hall–Kier alpha value is -4.02. The maximum Gasteiger partial charge on any atom is 0.119 e. The van der Waals surface area contributed by atoms with Crippen LogP contribution in [0, 0.1) is 0 Å². The average molecular weight is 491 g/mol. The van der Waals surface area contributed by atoms with Gasteiger partial charge in [0.1, 0.15) is 12.4 Å². The van der Waals surface area contributed by atoms with Gasteiger partial charge >= 0.3 is 0 Å². The van der Waals surface area contributed by atoms with Crippen molar-refractivity contribution in [3.05, 3.63) is 120 Å². The second kappa shape index (κ2) is 13.3. The molecule has 4 aromatic rings. The topological polar surface area (TPSA) is 44.2 Å². The van der Waals surface area contributed by atoms with Gasteiger partial charge in [0.25, 0.3) is 0 Å². The highest BCUT2D eigenvalue weighted by atomic mass is 16.5. The lowest BCUT2D eigenvalue weighted by Crippen LogP contribution is -2.07. The van der Waals surface area contributed by atoms with E-state index in [1.165, 1.54) is 5.57 Å². The van der Waals surface area contributed by atoms with Crippen molar-refractivity contribution in [2.75, 3.05) is 19.8 Å². The third-order valence-electron chi connectivity index (χ3n) is 6.19. The van der Waals surface area contributed by atoms with E-state index >= 15 is 0 Å². The standard InChI is InChI=1S/C33H34N2O2/c1-4-6-20-36-21-22-37-30-14-12-28(13-15-30)33(27-10-8-7-9-11-27)25(3)29-17-19-35-32(24-29)31-23-26(5-2)16-18-34-31/h5,7-19,23-24H,2,4,6,20-22H2,1,3H3/b33-25+. The lowest BCUT2D eigenvalue weighted by molar-refractivity contribution is 0.0980. The van der Waals surface area contributed by atoms with Gasteiger partial charge in [0.2, 0.25) is 0 Å². The summed E-state index contributed by atoms with van der Waals surface area (Å²) in [5.41, 5.74) is 8.38. The van der Waals surface area contributed by atoms with Crippen molar-refractivity contribution >= 4 is 17.2 Å². The molecule has 0 atom stereocenters. The number of hydrogen-bond donors (Lipinski definition) is 0. The molecule has 2 heterocycles. The number of ether oxygens (including phenoxy) is 2. The number of unbranched alkanes of at least 4 members (excludes halogenated alkanes) is 1. The molecule has 0 aliphatic rings. The smallest absolute Gasteiger partial charge is 0.119 e. The zero-order valence-corrected chi connectivity index (χ0v) is 21.7. The quantitative estimate of drug-likeness (QED) is 0.189. The second-order valence-corrected chi connectivity index (χ2v) is 8.81. The minimum Gasteiger partial charge on any atom is -0.491 e. The molecule has 2 aromatic carbocycles. The van der Waals surface area contributed by atoms with E-state index in [4.69, 9.17) is 9.47 Å². The van der Waals surface area contributed by atoms with E-state index in [1.807, 2.05) is 42.6 Å². The van der Waals surface area contributed by atoms with E-state index < -0.39 is 0 Å². The van der Waals surface area contributed by atoms with Crippen molar-refractivity contribution < 1.29 is 9.47 Å². The molecule has 0 aliphatic carbocycles. The third kappa shape index (κ3) is 7.02. The molecule has 188 valence electrons. The largest absolute Gasteiger partial charge is 0.491 e. The van der Waals surface area contributed by atoms with E-state index in [-0.39, 0.29) is 0 Å². The third-order valence-corrected chi connectivity index (χ3v) is 6.19. The van der Waals surface area contributed by atoms with Gasteiger partial charge in [-0.05, 0) is 83.1 Å². The zero-order chi connectivity index (χ0) is 25.9. The van der Waals surface area contributed by atoms with Crippen LogP contribution in [0.25, 0.3) is 28.6 Å². The van der Waals surface area contributed by atoms with Gasteiger partial charge in [-0.15, -0.1) is 0 Å². The van der Waals surface area contributed by atoms with Crippen LogP contribution in [0.2, 0.25) is 0 Å². The lowest BCUT2D eigenvalue weighted by Gasteiger charge is -2.15. The molecule has 0 radical (unpaired) electrons.